The van der Waals surface area contributed by atoms with Crippen LogP contribution in [0, 0.1) is 41.5 Å². The molecule has 0 aliphatic rings. The molecule has 0 aliphatic heterocycles. The Morgan fingerprint density at radius 3 is 1.50 bits per heavy atom. The molecule has 0 heterocycles. The first-order valence-electron chi connectivity index (χ1n) is 9.05. The van der Waals surface area contributed by atoms with Crippen molar-refractivity contribution in [2.45, 2.75) is 41.5 Å². The molecule has 0 atom stereocenters. The van der Waals surface area contributed by atoms with Gasteiger partial charge in [-0.2, -0.15) is 0 Å². The second-order valence-corrected chi connectivity index (χ2v) is 6.77. The van der Waals surface area contributed by atoms with E-state index in [1.54, 1.807) is 14.2 Å². The van der Waals surface area contributed by atoms with E-state index in [0.717, 1.165) is 33.6 Å². The molecule has 0 bridgehead atoms. The molecule has 2 aromatic carbocycles. The predicted octanol–water partition coefficient (Wildman–Crippen LogP) is 3.52. The SMILES string of the molecule is COCCOC.Cc1cc(C)c(N=N[N-]c2c(C)cc(C)cc2C)c(C)c1.[K+]. The van der Waals surface area contributed by atoms with Gasteiger partial charge in [-0.05, 0) is 75.2 Å². The van der Waals surface area contributed by atoms with Crippen molar-refractivity contribution in [2.75, 3.05) is 27.4 Å². The number of ether oxygens (including phenoxy) is 2. The molecule has 0 unspecified atom stereocenters. The number of nitrogens with zero attached hydrogens (tertiary/aromatic N) is 3. The van der Waals surface area contributed by atoms with Gasteiger partial charge in [-0.1, -0.05) is 35.4 Å². The zero-order chi connectivity index (χ0) is 20.4. The molecule has 0 amide bonds. The van der Waals surface area contributed by atoms with E-state index in [-0.39, 0.29) is 51.4 Å². The number of benzene rings is 2. The third-order valence-electron chi connectivity index (χ3n) is 4.05. The molecule has 2 rings (SSSR count). The minimum Gasteiger partial charge on any atom is -0.382 e. The smallest absolute Gasteiger partial charge is 0.382 e. The van der Waals surface area contributed by atoms with Crippen molar-refractivity contribution in [3.8, 4) is 0 Å². The van der Waals surface area contributed by atoms with Crippen molar-refractivity contribution in [3.63, 3.8) is 0 Å². The Balaban J connectivity index is 0.000000910. The van der Waals surface area contributed by atoms with Crippen LogP contribution in [0.15, 0.2) is 34.6 Å². The summed E-state index contributed by atoms with van der Waals surface area (Å²) in [6, 6.07) is 8.46. The van der Waals surface area contributed by atoms with Crippen LogP contribution in [0.3, 0.4) is 0 Å². The van der Waals surface area contributed by atoms with Gasteiger partial charge in [0.1, 0.15) is 0 Å². The van der Waals surface area contributed by atoms with Crippen LogP contribution in [0.1, 0.15) is 33.4 Å². The van der Waals surface area contributed by atoms with Crippen LogP contribution >= 0.6 is 0 Å². The van der Waals surface area contributed by atoms with Gasteiger partial charge in [0.25, 0.3) is 0 Å². The van der Waals surface area contributed by atoms with E-state index >= 15 is 0 Å². The third-order valence-corrected chi connectivity index (χ3v) is 4.05. The molecule has 0 N–H and O–H groups in total. The molecule has 0 saturated heterocycles. The van der Waals surface area contributed by atoms with Gasteiger partial charge in [-0.3, -0.25) is 5.22 Å². The van der Waals surface area contributed by atoms with Crippen LogP contribution in [0.2, 0.25) is 0 Å². The van der Waals surface area contributed by atoms with E-state index in [0.29, 0.717) is 13.2 Å². The molecular weight excluding hydrogens is 377 g/mol. The van der Waals surface area contributed by atoms with E-state index in [9.17, 15) is 0 Å². The summed E-state index contributed by atoms with van der Waals surface area (Å²) >= 11 is 0. The topological polar surface area (TPSA) is 57.3 Å². The van der Waals surface area contributed by atoms with E-state index < -0.39 is 0 Å². The van der Waals surface area contributed by atoms with Gasteiger partial charge in [-0.15, -0.1) is 0 Å². The normalized spacial score (nSPS) is 10.3. The number of hydrogen-bond acceptors (Lipinski definition) is 4. The Kier molecular flexibility index (Phi) is 14.1. The maximum Gasteiger partial charge on any atom is 1.00 e. The number of rotatable bonds is 6. The molecule has 0 aromatic heterocycles. The summed E-state index contributed by atoms with van der Waals surface area (Å²) in [5, 5.41) is 8.37. The second-order valence-electron chi connectivity index (χ2n) is 6.77. The summed E-state index contributed by atoms with van der Waals surface area (Å²) in [4.78, 5) is 0. The average molecular weight is 410 g/mol. The maximum atomic E-state index is 4.66. The molecule has 0 fully saturated rings. The van der Waals surface area contributed by atoms with E-state index in [1.807, 2.05) is 0 Å². The van der Waals surface area contributed by atoms with E-state index in [4.69, 9.17) is 0 Å². The summed E-state index contributed by atoms with van der Waals surface area (Å²) in [5.74, 6) is 0. The average Bonchev–Trinajstić information content (AvgIpc) is 2.57. The molecule has 0 saturated carbocycles. The Hall–Kier alpha value is -0.604. The fourth-order valence-corrected chi connectivity index (χ4v) is 2.94. The molecule has 0 radical (unpaired) electrons. The summed E-state index contributed by atoms with van der Waals surface area (Å²) < 4.78 is 9.31. The Bertz CT molecular complexity index is 726. The molecule has 2 aromatic rings. The van der Waals surface area contributed by atoms with Gasteiger partial charge >= 0.3 is 51.4 Å². The first-order chi connectivity index (χ1) is 12.8. The number of hydrogen-bond donors (Lipinski definition) is 0. The molecular formula is C22H32KN3O2. The first kappa shape index (κ1) is 27.4. The van der Waals surface area contributed by atoms with Gasteiger partial charge < -0.3 is 20.0 Å². The summed E-state index contributed by atoms with van der Waals surface area (Å²) in [6.45, 7) is 13.8. The van der Waals surface area contributed by atoms with Crippen molar-refractivity contribution < 1.29 is 60.9 Å². The minimum atomic E-state index is 0. The van der Waals surface area contributed by atoms with Crippen LogP contribution in [-0.2, 0) is 9.47 Å². The van der Waals surface area contributed by atoms with Crippen molar-refractivity contribution in [1.82, 2.24) is 0 Å². The van der Waals surface area contributed by atoms with Crippen LogP contribution < -0.4 is 51.4 Å². The second kappa shape index (κ2) is 14.4. The zero-order valence-electron chi connectivity index (χ0n) is 18.9. The number of aryl methyl sites for hydroxylation is 6. The zero-order valence-corrected chi connectivity index (χ0v) is 22.0. The summed E-state index contributed by atoms with van der Waals surface area (Å²) in [7, 11) is 3.30. The van der Waals surface area contributed by atoms with Crippen LogP contribution in [0.4, 0.5) is 11.4 Å². The van der Waals surface area contributed by atoms with E-state index in [1.165, 1.54) is 11.1 Å². The monoisotopic (exact) mass is 409 g/mol. The van der Waals surface area contributed by atoms with Crippen LogP contribution in [-0.4, -0.2) is 27.4 Å². The molecule has 0 aliphatic carbocycles. The summed E-state index contributed by atoms with van der Waals surface area (Å²) in [5.41, 5.74) is 13.1. The van der Waals surface area contributed by atoms with Crippen molar-refractivity contribution in [3.05, 3.63) is 63.1 Å². The largest absolute Gasteiger partial charge is 1.00 e. The first-order valence-corrected chi connectivity index (χ1v) is 9.05. The van der Waals surface area contributed by atoms with Gasteiger partial charge in [0.05, 0.1) is 13.2 Å². The van der Waals surface area contributed by atoms with Gasteiger partial charge in [-0.25, -0.2) is 0 Å². The standard InChI is InChI=1S/C18H22N3.C4H10O2.K/c1-11-7-13(3)17(14(4)8-11)19-21-20-18-15(5)9-12(2)10-16(18)6;1-5-3-4-6-2;/h7-10H,1-6H3;3-4H2,1-2H3;/q-1;;+1. The molecule has 28 heavy (non-hydrogen) atoms. The van der Waals surface area contributed by atoms with Crippen LogP contribution in [0.25, 0.3) is 5.43 Å². The Morgan fingerprint density at radius 1 is 0.714 bits per heavy atom. The fraction of sp³-hybridized carbons (Fsp3) is 0.455. The molecule has 0 spiro atoms. The number of methoxy groups -OCH3 is 2. The summed E-state index contributed by atoms with van der Waals surface area (Å²) in [6.07, 6.45) is 0. The molecule has 148 valence electrons. The van der Waals surface area contributed by atoms with Crippen LogP contribution in [0.5, 0.6) is 0 Å². The van der Waals surface area contributed by atoms with Gasteiger partial charge in [0, 0.05) is 14.2 Å². The van der Waals surface area contributed by atoms with Crippen molar-refractivity contribution in [1.29, 1.82) is 0 Å². The predicted molar refractivity (Wildman–Crippen MR) is 113 cm³/mol. The molecule has 6 heteroatoms. The Morgan fingerprint density at radius 2 is 1.11 bits per heavy atom. The maximum absolute atomic E-state index is 4.66. The minimum absolute atomic E-state index is 0. The quantitative estimate of drug-likeness (QED) is 0.317. The van der Waals surface area contributed by atoms with Crippen molar-refractivity contribution >= 4 is 11.4 Å². The Labute approximate surface area is 212 Å². The van der Waals surface area contributed by atoms with E-state index in [2.05, 4.69) is 91.0 Å². The van der Waals surface area contributed by atoms with Crippen molar-refractivity contribution in [2.24, 2.45) is 10.3 Å². The molecule has 5 nitrogen and oxygen atoms in total. The van der Waals surface area contributed by atoms with Gasteiger partial charge in [0.15, 0.2) is 0 Å². The van der Waals surface area contributed by atoms with Gasteiger partial charge in [0.2, 0.25) is 0 Å². The fourth-order valence-electron chi connectivity index (χ4n) is 2.94. The third kappa shape index (κ3) is 9.26.